The molecule has 1 rings (SSSR count). The van der Waals surface area contributed by atoms with Gasteiger partial charge in [0.25, 0.3) is 0 Å². The van der Waals surface area contributed by atoms with E-state index in [1.807, 2.05) is 0 Å². The molecule has 0 amide bonds. The van der Waals surface area contributed by atoms with E-state index in [0.717, 1.165) is 6.07 Å². The van der Waals surface area contributed by atoms with Crippen LogP contribution in [0.25, 0.3) is 0 Å². The summed E-state index contributed by atoms with van der Waals surface area (Å²) in [5.74, 6) is -1.14. The number of aromatic hydroxyl groups is 1. The monoisotopic (exact) mass is 263 g/mol. The number of phenols is 1. The molecule has 0 spiro atoms. The van der Waals surface area contributed by atoms with Crippen LogP contribution in [0.3, 0.4) is 0 Å². The highest BCUT2D eigenvalue weighted by molar-refractivity contribution is 9.10. The van der Waals surface area contributed by atoms with E-state index in [1.165, 1.54) is 0 Å². The van der Waals surface area contributed by atoms with Crippen LogP contribution in [-0.2, 0) is 6.42 Å². The summed E-state index contributed by atoms with van der Waals surface area (Å²) in [6.45, 7) is 0.0770. The second kappa shape index (κ2) is 4.72. The highest BCUT2D eigenvalue weighted by Crippen LogP contribution is 2.26. The molecule has 0 aliphatic heterocycles. The maximum Gasteiger partial charge on any atom is 0.166 e. The Morgan fingerprint density at radius 1 is 1.50 bits per heavy atom. The second-order valence-corrected chi connectivity index (χ2v) is 3.90. The van der Waals surface area contributed by atoms with E-state index in [1.54, 1.807) is 6.07 Å². The van der Waals surface area contributed by atoms with Gasteiger partial charge in [-0.2, -0.15) is 0 Å². The van der Waals surface area contributed by atoms with Gasteiger partial charge in [-0.1, -0.05) is 15.9 Å². The normalized spacial score (nSPS) is 12.9. The highest BCUT2D eigenvalue weighted by Gasteiger charge is 2.12. The van der Waals surface area contributed by atoms with Crippen LogP contribution in [0.1, 0.15) is 5.56 Å². The second-order valence-electron chi connectivity index (χ2n) is 2.99. The molecule has 1 aromatic rings. The molecule has 1 unspecified atom stereocenters. The predicted molar refractivity (Wildman–Crippen MR) is 54.5 cm³/mol. The van der Waals surface area contributed by atoms with Gasteiger partial charge in [-0.25, -0.2) is 4.39 Å². The molecule has 1 aromatic carbocycles. The molecule has 0 saturated carbocycles. The Morgan fingerprint density at radius 2 is 2.14 bits per heavy atom. The molecule has 14 heavy (non-hydrogen) atoms. The molecule has 5 heteroatoms. The molecule has 0 aliphatic carbocycles. The van der Waals surface area contributed by atoms with Gasteiger partial charge in [-0.05, 0) is 12.1 Å². The molecule has 3 nitrogen and oxygen atoms in total. The fourth-order valence-electron chi connectivity index (χ4n) is 1.11. The van der Waals surface area contributed by atoms with Gasteiger partial charge in [0.1, 0.15) is 0 Å². The zero-order chi connectivity index (χ0) is 10.7. The molecule has 0 fully saturated rings. The van der Waals surface area contributed by atoms with Crippen molar-refractivity contribution in [2.24, 2.45) is 5.73 Å². The number of nitrogens with two attached hydrogens (primary N) is 1. The first kappa shape index (κ1) is 11.4. The number of rotatable bonds is 3. The Hall–Kier alpha value is -0.650. The molecule has 0 bridgehead atoms. The Morgan fingerprint density at radius 3 is 2.71 bits per heavy atom. The summed E-state index contributed by atoms with van der Waals surface area (Å²) in [5.41, 5.74) is 5.55. The van der Waals surface area contributed by atoms with Crippen LogP contribution in [0.15, 0.2) is 16.6 Å². The van der Waals surface area contributed by atoms with E-state index in [-0.39, 0.29) is 13.0 Å². The Kier molecular flexibility index (Phi) is 3.86. The van der Waals surface area contributed by atoms with E-state index < -0.39 is 17.7 Å². The van der Waals surface area contributed by atoms with E-state index in [9.17, 15) is 14.6 Å². The number of aliphatic hydroxyl groups excluding tert-OH is 1. The first-order valence-electron chi connectivity index (χ1n) is 4.09. The summed E-state index contributed by atoms with van der Waals surface area (Å²) < 4.78 is 13.5. The van der Waals surface area contributed by atoms with E-state index in [2.05, 4.69) is 15.9 Å². The van der Waals surface area contributed by atoms with Crippen molar-refractivity contribution in [3.8, 4) is 5.75 Å². The smallest absolute Gasteiger partial charge is 0.166 e. The molecule has 0 aliphatic rings. The molecule has 1 atom stereocenters. The van der Waals surface area contributed by atoms with Crippen molar-refractivity contribution in [2.45, 2.75) is 12.5 Å². The van der Waals surface area contributed by atoms with Crippen molar-refractivity contribution in [3.05, 3.63) is 28.0 Å². The topological polar surface area (TPSA) is 66.5 Å². The standard InChI is InChI=1S/C9H11BrFNO2/c10-6-1-5(2-7(13)4-12)9(14)8(11)3-6/h1,3,7,13-14H,2,4,12H2. The van der Waals surface area contributed by atoms with Crippen molar-refractivity contribution >= 4 is 15.9 Å². The first-order chi connectivity index (χ1) is 6.54. The van der Waals surface area contributed by atoms with Crippen molar-refractivity contribution < 1.29 is 14.6 Å². The summed E-state index contributed by atoms with van der Waals surface area (Å²) in [5, 5.41) is 18.6. The largest absolute Gasteiger partial charge is 0.505 e. The SMILES string of the molecule is NCC(O)Cc1cc(Br)cc(F)c1O. The minimum absolute atomic E-state index is 0.0770. The lowest BCUT2D eigenvalue weighted by Gasteiger charge is -2.10. The zero-order valence-corrected chi connectivity index (χ0v) is 8.96. The Labute approximate surface area is 89.5 Å². The average molecular weight is 264 g/mol. The van der Waals surface area contributed by atoms with Gasteiger partial charge in [0.2, 0.25) is 0 Å². The molecule has 0 aromatic heterocycles. The van der Waals surface area contributed by atoms with E-state index >= 15 is 0 Å². The van der Waals surface area contributed by atoms with Gasteiger partial charge in [0.15, 0.2) is 11.6 Å². The summed E-state index contributed by atoms with van der Waals surface area (Å²) >= 11 is 3.09. The lowest BCUT2D eigenvalue weighted by Crippen LogP contribution is -2.22. The fourth-order valence-corrected chi connectivity index (χ4v) is 1.59. The minimum Gasteiger partial charge on any atom is -0.505 e. The maximum atomic E-state index is 13.0. The third-order valence-electron chi connectivity index (χ3n) is 1.83. The number of hydrogen-bond acceptors (Lipinski definition) is 3. The molecular weight excluding hydrogens is 253 g/mol. The number of halogens is 2. The van der Waals surface area contributed by atoms with Gasteiger partial charge in [0.05, 0.1) is 6.10 Å². The van der Waals surface area contributed by atoms with Gasteiger partial charge >= 0.3 is 0 Å². The molecule has 78 valence electrons. The van der Waals surface area contributed by atoms with E-state index in [4.69, 9.17) is 5.73 Å². The third kappa shape index (κ3) is 2.67. The van der Waals surface area contributed by atoms with Crippen molar-refractivity contribution in [1.29, 1.82) is 0 Å². The Bertz CT molecular complexity index is 333. The molecule has 0 saturated heterocycles. The van der Waals surface area contributed by atoms with Crippen LogP contribution >= 0.6 is 15.9 Å². The predicted octanol–water partition coefficient (Wildman–Crippen LogP) is 1.16. The van der Waals surface area contributed by atoms with Crippen molar-refractivity contribution in [1.82, 2.24) is 0 Å². The van der Waals surface area contributed by atoms with Crippen LogP contribution in [0, 0.1) is 5.82 Å². The lowest BCUT2D eigenvalue weighted by atomic mass is 10.1. The fraction of sp³-hybridized carbons (Fsp3) is 0.333. The van der Waals surface area contributed by atoms with Gasteiger partial charge in [-0.15, -0.1) is 0 Å². The van der Waals surface area contributed by atoms with Gasteiger partial charge in [-0.3, -0.25) is 0 Å². The molecular formula is C9H11BrFNO2. The highest BCUT2D eigenvalue weighted by atomic mass is 79.9. The number of aliphatic hydroxyl groups is 1. The molecule has 4 N–H and O–H groups in total. The quantitative estimate of drug-likeness (QED) is 0.767. The van der Waals surface area contributed by atoms with Crippen LogP contribution < -0.4 is 5.73 Å². The first-order valence-corrected chi connectivity index (χ1v) is 4.89. The third-order valence-corrected chi connectivity index (χ3v) is 2.29. The van der Waals surface area contributed by atoms with Crippen molar-refractivity contribution in [3.63, 3.8) is 0 Å². The van der Waals surface area contributed by atoms with E-state index in [0.29, 0.717) is 10.0 Å². The van der Waals surface area contributed by atoms with Gasteiger partial charge < -0.3 is 15.9 Å². The average Bonchev–Trinajstić information content (AvgIpc) is 2.13. The zero-order valence-electron chi connectivity index (χ0n) is 7.37. The van der Waals surface area contributed by atoms with Crippen LogP contribution in [0.4, 0.5) is 4.39 Å². The summed E-state index contributed by atoms with van der Waals surface area (Å²) in [6, 6.07) is 2.71. The summed E-state index contributed by atoms with van der Waals surface area (Å²) in [7, 11) is 0. The van der Waals surface area contributed by atoms with Crippen molar-refractivity contribution in [2.75, 3.05) is 6.54 Å². The lowest BCUT2D eigenvalue weighted by molar-refractivity contribution is 0.182. The minimum atomic E-state index is -0.769. The van der Waals surface area contributed by atoms with Crippen LogP contribution in [0.5, 0.6) is 5.75 Å². The Balaban J connectivity index is 2.96. The van der Waals surface area contributed by atoms with Gasteiger partial charge in [0, 0.05) is 23.0 Å². The number of phenolic OH excluding ortho intramolecular Hbond substituents is 1. The van der Waals surface area contributed by atoms with Crippen LogP contribution in [-0.4, -0.2) is 22.9 Å². The summed E-state index contributed by atoms with van der Waals surface area (Å²) in [4.78, 5) is 0. The number of benzene rings is 1. The molecule has 0 heterocycles. The molecule has 0 radical (unpaired) electrons. The summed E-state index contributed by atoms with van der Waals surface area (Å²) in [6.07, 6.45) is -0.631. The number of hydrogen-bond donors (Lipinski definition) is 3. The van der Waals surface area contributed by atoms with Crippen LogP contribution in [0.2, 0.25) is 0 Å². The maximum absolute atomic E-state index is 13.0.